The SMILES string of the molecule is O=C(CCCCC1CCSS1)NCCS(=O)[O-].c1c[nH]cn1. The Kier molecular flexibility index (Phi) is 11.5. The van der Waals surface area contributed by atoms with Gasteiger partial charge in [0.1, 0.15) is 0 Å². The molecule has 1 aliphatic heterocycles. The fraction of sp³-hybridized carbons (Fsp3) is 0.692. The molecule has 22 heavy (non-hydrogen) atoms. The van der Waals surface area contributed by atoms with E-state index < -0.39 is 11.1 Å². The third-order valence-electron chi connectivity index (χ3n) is 2.90. The van der Waals surface area contributed by atoms with Gasteiger partial charge in [0.15, 0.2) is 0 Å². The smallest absolute Gasteiger partial charge is 0.220 e. The highest BCUT2D eigenvalue weighted by Gasteiger charge is 2.15. The predicted octanol–water partition coefficient (Wildman–Crippen LogP) is 2.11. The van der Waals surface area contributed by atoms with E-state index in [9.17, 15) is 13.6 Å². The molecule has 1 amide bonds. The fourth-order valence-corrected chi connectivity index (χ4v) is 5.10. The van der Waals surface area contributed by atoms with Crippen molar-refractivity contribution in [2.24, 2.45) is 0 Å². The van der Waals surface area contributed by atoms with Crippen LogP contribution in [0.1, 0.15) is 32.1 Å². The minimum absolute atomic E-state index is 0.00166. The summed E-state index contributed by atoms with van der Waals surface area (Å²) in [5.74, 6) is 1.22. The average molecular weight is 365 g/mol. The quantitative estimate of drug-likeness (QED) is 0.416. The molecule has 0 spiro atoms. The maximum Gasteiger partial charge on any atom is 0.220 e. The van der Waals surface area contributed by atoms with E-state index in [2.05, 4.69) is 15.3 Å². The topological polar surface area (TPSA) is 97.9 Å². The van der Waals surface area contributed by atoms with Gasteiger partial charge in [0.25, 0.3) is 0 Å². The number of aromatic nitrogens is 2. The molecular formula is C13H22N3O3S3-. The number of unbranched alkanes of at least 4 members (excludes halogenated alkanes) is 1. The predicted molar refractivity (Wildman–Crippen MR) is 92.3 cm³/mol. The van der Waals surface area contributed by atoms with Crippen LogP contribution in [0.2, 0.25) is 0 Å². The van der Waals surface area contributed by atoms with Crippen LogP contribution in [0.4, 0.5) is 0 Å². The highest BCUT2D eigenvalue weighted by molar-refractivity contribution is 8.77. The van der Waals surface area contributed by atoms with Crippen molar-refractivity contribution in [3.8, 4) is 0 Å². The van der Waals surface area contributed by atoms with Crippen LogP contribution in [-0.4, -0.2) is 47.9 Å². The zero-order valence-electron chi connectivity index (χ0n) is 12.4. The van der Waals surface area contributed by atoms with Crippen molar-refractivity contribution in [2.45, 2.75) is 37.4 Å². The Labute approximate surface area is 141 Å². The number of hydrogen-bond acceptors (Lipinski definition) is 6. The molecule has 0 saturated carbocycles. The van der Waals surface area contributed by atoms with Crippen LogP contribution in [0.3, 0.4) is 0 Å². The molecule has 0 bridgehead atoms. The number of nitrogens with one attached hydrogen (secondary N) is 2. The molecule has 1 aromatic heterocycles. The largest absolute Gasteiger partial charge is 0.772 e. The van der Waals surface area contributed by atoms with Crippen molar-refractivity contribution >= 4 is 38.6 Å². The van der Waals surface area contributed by atoms with Crippen LogP contribution in [0, 0.1) is 0 Å². The van der Waals surface area contributed by atoms with Gasteiger partial charge < -0.3 is 14.9 Å². The molecule has 0 radical (unpaired) electrons. The normalized spacial score (nSPS) is 18.3. The number of carbonyl (C=O) groups excluding carboxylic acids is 1. The van der Waals surface area contributed by atoms with E-state index in [4.69, 9.17) is 0 Å². The van der Waals surface area contributed by atoms with Gasteiger partial charge in [-0.25, -0.2) is 4.98 Å². The summed E-state index contributed by atoms with van der Waals surface area (Å²) >= 11 is -2.06. The van der Waals surface area contributed by atoms with Crippen molar-refractivity contribution < 1.29 is 13.6 Å². The minimum Gasteiger partial charge on any atom is -0.772 e. The van der Waals surface area contributed by atoms with Crippen molar-refractivity contribution in [2.75, 3.05) is 18.1 Å². The summed E-state index contributed by atoms with van der Waals surface area (Å²) in [4.78, 5) is 17.7. The molecule has 9 heteroatoms. The van der Waals surface area contributed by atoms with Crippen LogP contribution >= 0.6 is 21.6 Å². The maximum absolute atomic E-state index is 11.3. The Morgan fingerprint density at radius 3 is 2.91 bits per heavy atom. The molecule has 1 aromatic rings. The van der Waals surface area contributed by atoms with Crippen molar-refractivity contribution in [3.05, 3.63) is 18.7 Å². The van der Waals surface area contributed by atoms with Gasteiger partial charge in [0, 0.05) is 42.1 Å². The summed E-state index contributed by atoms with van der Waals surface area (Å²) < 4.78 is 20.5. The van der Waals surface area contributed by atoms with Crippen LogP contribution < -0.4 is 5.32 Å². The molecule has 0 aliphatic carbocycles. The first kappa shape index (κ1) is 19.5. The zero-order chi connectivity index (χ0) is 16.0. The van der Waals surface area contributed by atoms with E-state index >= 15 is 0 Å². The third-order valence-corrected chi connectivity index (χ3v) is 6.45. The second kappa shape index (κ2) is 13.0. The van der Waals surface area contributed by atoms with E-state index in [-0.39, 0.29) is 18.2 Å². The summed E-state index contributed by atoms with van der Waals surface area (Å²) in [6.45, 7) is 0.226. The number of nitrogens with zero attached hydrogens (tertiary/aromatic N) is 1. The van der Waals surface area contributed by atoms with E-state index in [0.29, 0.717) is 6.42 Å². The lowest BCUT2D eigenvalue weighted by atomic mass is 10.1. The van der Waals surface area contributed by atoms with Gasteiger partial charge in [-0.05, 0) is 19.3 Å². The van der Waals surface area contributed by atoms with E-state index in [0.717, 1.165) is 18.1 Å². The molecule has 1 saturated heterocycles. The molecule has 1 aliphatic rings. The van der Waals surface area contributed by atoms with Crippen LogP contribution in [0.5, 0.6) is 0 Å². The Hall–Kier alpha value is -0.510. The number of amides is 1. The fourth-order valence-electron chi connectivity index (χ4n) is 1.80. The summed E-state index contributed by atoms with van der Waals surface area (Å²) in [6, 6.07) is 0. The zero-order valence-corrected chi connectivity index (χ0v) is 14.8. The highest BCUT2D eigenvalue weighted by Crippen LogP contribution is 2.39. The number of carbonyl (C=O) groups is 1. The lowest BCUT2D eigenvalue weighted by Crippen LogP contribution is -2.27. The van der Waals surface area contributed by atoms with Crippen molar-refractivity contribution in [1.82, 2.24) is 15.3 Å². The van der Waals surface area contributed by atoms with Gasteiger partial charge in [-0.15, -0.1) is 0 Å². The van der Waals surface area contributed by atoms with E-state index in [1.807, 2.05) is 21.6 Å². The second-order valence-corrected chi connectivity index (χ2v) is 8.50. The summed E-state index contributed by atoms with van der Waals surface area (Å²) in [6.07, 6.45) is 10.1. The third kappa shape index (κ3) is 11.1. The molecule has 1 fully saturated rings. The van der Waals surface area contributed by atoms with Gasteiger partial charge in [-0.3, -0.25) is 9.00 Å². The van der Waals surface area contributed by atoms with Crippen LogP contribution in [0.25, 0.3) is 0 Å². The van der Waals surface area contributed by atoms with E-state index in [1.54, 1.807) is 18.7 Å². The number of rotatable bonds is 8. The molecule has 2 unspecified atom stereocenters. The minimum atomic E-state index is -2.06. The molecular weight excluding hydrogens is 342 g/mol. The van der Waals surface area contributed by atoms with Gasteiger partial charge in [-0.1, -0.05) is 39.1 Å². The van der Waals surface area contributed by atoms with Crippen LogP contribution in [-0.2, 0) is 15.9 Å². The molecule has 2 heterocycles. The highest BCUT2D eigenvalue weighted by atomic mass is 33.1. The first-order valence-electron chi connectivity index (χ1n) is 7.22. The Morgan fingerprint density at radius 1 is 1.50 bits per heavy atom. The first-order chi connectivity index (χ1) is 10.7. The van der Waals surface area contributed by atoms with Crippen molar-refractivity contribution in [1.29, 1.82) is 0 Å². The number of hydrogen-bond donors (Lipinski definition) is 2. The van der Waals surface area contributed by atoms with Gasteiger partial charge in [0.05, 0.1) is 6.33 Å². The monoisotopic (exact) mass is 364 g/mol. The summed E-state index contributed by atoms with van der Waals surface area (Å²) in [5.41, 5.74) is 0. The Morgan fingerprint density at radius 2 is 2.36 bits per heavy atom. The van der Waals surface area contributed by atoms with Gasteiger partial charge in [-0.2, -0.15) is 0 Å². The average Bonchev–Trinajstić information content (AvgIpc) is 3.18. The summed E-state index contributed by atoms with van der Waals surface area (Å²) in [5, 5.41) is 3.37. The number of H-pyrrole nitrogens is 1. The van der Waals surface area contributed by atoms with Gasteiger partial charge >= 0.3 is 0 Å². The first-order valence-corrected chi connectivity index (χ1v) is 10.8. The molecule has 0 aromatic carbocycles. The molecule has 2 N–H and O–H groups in total. The maximum atomic E-state index is 11.3. The lowest BCUT2D eigenvalue weighted by Gasteiger charge is -2.08. The Balaban J connectivity index is 0.000000406. The van der Waals surface area contributed by atoms with Crippen molar-refractivity contribution in [3.63, 3.8) is 0 Å². The molecule has 2 rings (SSSR count). The standard InChI is InChI=1S/C10H19NO3S3.C3H4N2/c12-10(11-6-8-17(13)14)4-2-1-3-9-5-7-15-16-9;1-2-5-3-4-1/h9H,1-8H2,(H,11,12)(H,13,14);1-3H,(H,4,5)/p-1. The molecule has 2 atom stereocenters. The summed E-state index contributed by atoms with van der Waals surface area (Å²) in [7, 11) is 3.91. The second-order valence-electron chi connectivity index (χ2n) is 4.69. The lowest BCUT2D eigenvalue weighted by molar-refractivity contribution is -0.121. The van der Waals surface area contributed by atoms with E-state index in [1.165, 1.54) is 18.6 Å². The van der Waals surface area contributed by atoms with Crippen LogP contribution in [0.15, 0.2) is 18.7 Å². The molecule has 126 valence electrons. The molecule has 6 nitrogen and oxygen atoms in total. The number of aromatic amines is 1. The Bertz CT molecular complexity index is 395. The number of imidazole rings is 1. The van der Waals surface area contributed by atoms with Gasteiger partial charge in [0.2, 0.25) is 5.91 Å².